The second-order valence-electron chi connectivity index (χ2n) is 7.76. The van der Waals surface area contributed by atoms with Crippen LogP contribution in [0.5, 0.6) is 0 Å². The Kier molecular flexibility index (Phi) is 3.82. The van der Waals surface area contributed by atoms with Gasteiger partial charge >= 0.3 is 0 Å². The lowest BCUT2D eigenvalue weighted by molar-refractivity contribution is -0.124. The molecular weight excluding hydrogens is 302 g/mol. The van der Waals surface area contributed by atoms with E-state index in [0.29, 0.717) is 11.6 Å². The van der Waals surface area contributed by atoms with E-state index in [9.17, 15) is 9.59 Å². The van der Waals surface area contributed by atoms with Crippen LogP contribution in [0.15, 0.2) is 18.3 Å². The Labute approximate surface area is 142 Å². The molecule has 0 radical (unpaired) electrons. The summed E-state index contributed by atoms with van der Waals surface area (Å²) < 4.78 is 0. The molecule has 2 saturated carbocycles. The van der Waals surface area contributed by atoms with Gasteiger partial charge in [0.05, 0.1) is 5.56 Å². The Morgan fingerprint density at radius 3 is 2.75 bits per heavy atom. The van der Waals surface area contributed by atoms with Crippen molar-refractivity contribution in [1.82, 2.24) is 15.2 Å². The molecule has 2 amide bonds. The number of carbonyl (C=O) groups is 2. The van der Waals surface area contributed by atoms with Gasteiger partial charge in [-0.1, -0.05) is 6.92 Å². The smallest absolute Gasteiger partial charge is 0.255 e. The standard InChI is InChI=1S/C19H25N3O2/c1-2-15-6-5-14(11-20-15)18(24)22-8-7-19(12-22)9-16(10-19)21-17(23)13-3-4-13/h5-6,11,13,16H,2-4,7-10,12H2,1H3,(H,21,23). The molecule has 1 aromatic rings. The number of nitrogens with zero attached hydrogens (tertiary/aromatic N) is 2. The zero-order chi connectivity index (χ0) is 16.7. The van der Waals surface area contributed by atoms with Crippen LogP contribution in [0.25, 0.3) is 0 Å². The van der Waals surface area contributed by atoms with Crippen LogP contribution < -0.4 is 5.32 Å². The lowest BCUT2D eigenvalue weighted by atomic mass is 9.65. The van der Waals surface area contributed by atoms with Crippen LogP contribution in [0, 0.1) is 11.3 Å². The van der Waals surface area contributed by atoms with Crippen molar-refractivity contribution < 1.29 is 9.59 Å². The van der Waals surface area contributed by atoms with Crippen molar-refractivity contribution >= 4 is 11.8 Å². The van der Waals surface area contributed by atoms with E-state index in [1.54, 1.807) is 6.20 Å². The van der Waals surface area contributed by atoms with Crippen LogP contribution in [-0.2, 0) is 11.2 Å². The second-order valence-corrected chi connectivity index (χ2v) is 7.76. The number of hydrogen-bond donors (Lipinski definition) is 1. The molecule has 4 rings (SSSR count). The van der Waals surface area contributed by atoms with Crippen LogP contribution in [0.4, 0.5) is 0 Å². The van der Waals surface area contributed by atoms with Gasteiger partial charge in [0.2, 0.25) is 5.91 Å². The first kappa shape index (κ1) is 15.6. The molecule has 2 aliphatic carbocycles. The highest BCUT2D eigenvalue weighted by Crippen LogP contribution is 2.48. The number of nitrogens with one attached hydrogen (secondary N) is 1. The van der Waals surface area contributed by atoms with Gasteiger partial charge in [-0.25, -0.2) is 0 Å². The zero-order valence-electron chi connectivity index (χ0n) is 14.3. The van der Waals surface area contributed by atoms with Crippen LogP contribution in [0.1, 0.15) is 55.1 Å². The summed E-state index contributed by atoms with van der Waals surface area (Å²) in [7, 11) is 0. The molecule has 3 aliphatic rings. The van der Waals surface area contributed by atoms with E-state index in [1.165, 1.54) is 0 Å². The number of hydrogen-bond acceptors (Lipinski definition) is 3. The highest BCUT2D eigenvalue weighted by Gasteiger charge is 2.50. The average Bonchev–Trinajstić information content (AvgIpc) is 3.33. The summed E-state index contributed by atoms with van der Waals surface area (Å²) in [6.45, 7) is 3.69. The third-order valence-electron chi connectivity index (χ3n) is 5.81. The third kappa shape index (κ3) is 2.92. The number of rotatable bonds is 4. The Hall–Kier alpha value is -1.91. The Balaban J connectivity index is 1.31. The van der Waals surface area contributed by atoms with Crippen molar-refractivity contribution in [3.8, 4) is 0 Å². The lowest BCUT2D eigenvalue weighted by Gasteiger charge is -2.45. The molecule has 1 N–H and O–H groups in total. The van der Waals surface area contributed by atoms with E-state index in [0.717, 1.165) is 57.3 Å². The molecule has 1 spiro atoms. The van der Waals surface area contributed by atoms with E-state index in [1.807, 2.05) is 17.0 Å². The maximum Gasteiger partial charge on any atom is 0.255 e. The molecule has 1 saturated heterocycles. The largest absolute Gasteiger partial charge is 0.353 e. The number of likely N-dealkylation sites (tertiary alicyclic amines) is 1. The summed E-state index contributed by atoms with van der Waals surface area (Å²) in [5, 5.41) is 3.17. The van der Waals surface area contributed by atoms with Crippen molar-refractivity contribution in [1.29, 1.82) is 0 Å². The number of pyridine rings is 1. The molecule has 128 valence electrons. The molecule has 5 heteroatoms. The molecule has 0 unspecified atom stereocenters. The van der Waals surface area contributed by atoms with Gasteiger partial charge in [-0.3, -0.25) is 14.6 Å². The fourth-order valence-electron chi connectivity index (χ4n) is 4.14. The predicted molar refractivity (Wildman–Crippen MR) is 90.5 cm³/mol. The Bertz CT molecular complexity index is 645. The van der Waals surface area contributed by atoms with Crippen molar-refractivity contribution in [2.45, 2.75) is 51.5 Å². The number of aromatic nitrogens is 1. The molecule has 2 heterocycles. The fraction of sp³-hybridized carbons (Fsp3) is 0.632. The van der Waals surface area contributed by atoms with Gasteiger partial charge < -0.3 is 10.2 Å². The summed E-state index contributed by atoms with van der Waals surface area (Å²) >= 11 is 0. The van der Waals surface area contributed by atoms with E-state index >= 15 is 0 Å². The van der Waals surface area contributed by atoms with Gasteiger partial charge in [-0.05, 0) is 56.1 Å². The van der Waals surface area contributed by atoms with Crippen molar-refractivity contribution in [2.24, 2.45) is 11.3 Å². The topological polar surface area (TPSA) is 62.3 Å². The number of carbonyl (C=O) groups excluding carboxylic acids is 2. The minimum absolute atomic E-state index is 0.0903. The van der Waals surface area contributed by atoms with Gasteiger partial charge in [0.25, 0.3) is 5.91 Å². The summed E-state index contributed by atoms with van der Waals surface area (Å²) in [6, 6.07) is 4.14. The Morgan fingerprint density at radius 2 is 2.12 bits per heavy atom. The number of aryl methyl sites for hydroxylation is 1. The van der Waals surface area contributed by atoms with Crippen molar-refractivity contribution in [3.05, 3.63) is 29.6 Å². The SMILES string of the molecule is CCc1ccc(C(=O)N2CCC3(CC(NC(=O)C4CC4)C3)C2)cn1. The maximum atomic E-state index is 12.6. The first-order chi connectivity index (χ1) is 11.6. The molecule has 5 nitrogen and oxygen atoms in total. The first-order valence-corrected chi connectivity index (χ1v) is 9.13. The van der Waals surface area contributed by atoms with Crippen LogP contribution in [-0.4, -0.2) is 40.8 Å². The van der Waals surface area contributed by atoms with Crippen LogP contribution in [0.2, 0.25) is 0 Å². The molecule has 0 aromatic carbocycles. The fourth-order valence-corrected chi connectivity index (χ4v) is 4.14. The van der Waals surface area contributed by atoms with Gasteiger partial charge in [0.15, 0.2) is 0 Å². The minimum atomic E-state index is 0.0903. The number of amides is 2. The molecule has 1 aliphatic heterocycles. The first-order valence-electron chi connectivity index (χ1n) is 9.13. The zero-order valence-corrected chi connectivity index (χ0v) is 14.3. The highest BCUT2D eigenvalue weighted by molar-refractivity contribution is 5.94. The van der Waals surface area contributed by atoms with E-state index in [4.69, 9.17) is 0 Å². The molecular formula is C19H25N3O2. The van der Waals surface area contributed by atoms with E-state index in [2.05, 4.69) is 17.2 Å². The maximum absolute atomic E-state index is 12.6. The molecule has 0 bridgehead atoms. The van der Waals surface area contributed by atoms with E-state index < -0.39 is 0 Å². The van der Waals surface area contributed by atoms with Gasteiger partial charge in [-0.15, -0.1) is 0 Å². The van der Waals surface area contributed by atoms with Crippen molar-refractivity contribution in [2.75, 3.05) is 13.1 Å². The molecule has 3 fully saturated rings. The van der Waals surface area contributed by atoms with Crippen LogP contribution >= 0.6 is 0 Å². The van der Waals surface area contributed by atoms with Gasteiger partial charge in [-0.2, -0.15) is 0 Å². The molecule has 0 atom stereocenters. The van der Waals surface area contributed by atoms with Gasteiger partial charge in [0.1, 0.15) is 0 Å². The van der Waals surface area contributed by atoms with Crippen LogP contribution in [0.3, 0.4) is 0 Å². The van der Waals surface area contributed by atoms with Crippen molar-refractivity contribution in [3.63, 3.8) is 0 Å². The minimum Gasteiger partial charge on any atom is -0.353 e. The summed E-state index contributed by atoms with van der Waals surface area (Å²) in [5.74, 6) is 0.608. The lowest BCUT2D eigenvalue weighted by Crippen LogP contribution is -2.52. The van der Waals surface area contributed by atoms with E-state index in [-0.39, 0.29) is 23.1 Å². The Morgan fingerprint density at radius 1 is 1.33 bits per heavy atom. The summed E-state index contributed by atoms with van der Waals surface area (Å²) in [6.07, 6.45) is 7.77. The average molecular weight is 327 g/mol. The summed E-state index contributed by atoms with van der Waals surface area (Å²) in [5.41, 5.74) is 1.92. The monoisotopic (exact) mass is 327 g/mol. The highest BCUT2D eigenvalue weighted by atomic mass is 16.2. The second kappa shape index (κ2) is 5.87. The third-order valence-corrected chi connectivity index (χ3v) is 5.81. The molecule has 24 heavy (non-hydrogen) atoms. The summed E-state index contributed by atoms with van der Waals surface area (Å²) in [4.78, 5) is 30.8. The quantitative estimate of drug-likeness (QED) is 0.922. The predicted octanol–water partition coefficient (Wildman–Crippen LogP) is 2.16. The van der Waals surface area contributed by atoms with Gasteiger partial charge in [0, 0.05) is 36.9 Å². The normalized spacial score (nSPS) is 28.7. The molecule has 1 aromatic heterocycles.